The standard InChI is InChI=1S/C20H23BrN2O3/c1-14(2)26-18-7-4-3-6-17(18)20(25)23-13-5-12-22-19(24)15-8-10-16(21)11-9-15/h3-4,6-11,14H,5,12-13H2,1-2H3,(H,22,24)(H,23,25). The van der Waals surface area contributed by atoms with E-state index in [2.05, 4.69) is 26.6 Å². The number of ether oxygens (including phenoxy) is 1. The molecule has 0 aromatic heterocycles. The molecule has 2 rings (SSSR count). The number of para-hydroxylation sites is 1. The third kappa shape index (κ3) is 6.19. The SMILES string of the molecule is CC(C)Oc1ccccc1C(=O)NCCCNC(=O)c1ccc(Br)cc1. The molecule has 0 heterocycles. The third-order valence-electron chi connectivity index (χ3n) is 3.53. The molecular formula is C20H23BrN2O3. The van der Waals surface area contributed by atoms with Crippen molar-refractivity contribution in [3.63, 3.8) is 0 Å². The highest BCUT2D eigenvalue weighted by atomic mass is 79.9. The Labute approximate surface area is 162 Å². The maximum absolute atomic E-state index is 12.3. The van der Waals surface area contributed by atoms with E-state index >= 15 is 0 Å². The van der Waals surface area contributed by atoms with Crippen LogP contribution in [0.15, 0.2) is 53.0 Å². The van der Waals surface area contributed by atoms with Gasteiger partial charge in [0.1, 0.15) is 5.75 Å². The van der Waals surface area contributed by atoms with Gasteiger partial charge < -0.3 is 15.4 Å². The first-order chi connectivity index (χ1) is 12.5. The van der Waals surface area contributed by atoms with Crippen LogP contribution in [-0.4, -0.2) is 31.0 Å². The molecule has 2 amide bonds. The van der Waals surface area contributed by atoms with Gasteiger partial charge in [0, 0.05) is 23.1 Å². The third-order valence-corrected chi connectivity index (χ3v) is 4.05. The van der Waals surface area contributed by atoms with Crippen LogP contribution in [-0.2, 0) is 0 Å². The van der Waals surface area contributed by atoms with E-state index in [9.17, 15) is 9.59 Å². The second kappa shape index (κ2) is 9.97. The second-order valence-corrected chi connectivity index (χ2v) is 6.95. The summed E-state index contributed by atoms with van der Waals surface area (Å²) in [7, 11) is 0. The topological polar surface area (TPSA) is 67.4 Å². The summed E-state index contributed by atoms with van der Waals surface area (Å²) in [6.07, 6.45) is 0.638. The minimum atomic E-state index is -0.180. The van der Waals surface area contributed by atoms with Gasteiger partial charge in [0.05, 0.1) is 11.7 Å². The first-order valence-corrected chi connectivity index (χ1v) is 9.34. The number of hydrogen-bond acceptors (Lipinski definition) is 3. The molecule has 0 unspecified atom stereocenters. The molecule has 0 fully saturated rings. The van der Waals surface area contributed by atoms with Crippen molar-refractivity contribution in [2.45, 2.75) is 26.4 Å². The lowest BCUT2D eigenvalue weighted by atomic mass is 10.2. The van der Waals surface area contributed by atoms with Crippen LogP contribution in [0.5, 0.6) is 5.75 Å². The van der Waals surface area contributed by atoms with E-state index in [1.54, 1.807) is 30.3 Å². The summed E-state index contributed by atoms with van der Waals surface area (Å²) in [6, 6.07) is 14.3. The first-order valence-electron chi connectivity index (χ1n) is 8.55. The average Bonchev–Trinajstić information content (AvgIpc) is 2.61. The van der Waals surface area contributed by atoms with Gasteiger partial charge in [-0.1, -0.05) is 28.1 Å². The van der Waals surface area contributed by atoms with E-state index in [0.717, 1.165) is 4.47 Å². The summed E-state index contributed by atoms with van der Waals surface area (Å²) < 4.78 is 6.59. The molecule has 2 aromatic carbocycles. The van der Waals surface area contributed by atoms with Crippen LogP contribution in [0.25, 0.3) is 0 Å². The van der Waals surface area contributed by atoms with Crippen molar-refractivity contribution < 1.29 is 14.3 Å². The molecule has 0 bridgehead atoms. The molecule has 0 atom stereocenters. The number of halogens is 1. The van der Waals surface area contributed by atoms with Crippen molar-refractivity contribution in [2.75, 3.05) is 13.1 Å². The number of carbonyl (C=O) groups excluding carboxylic acids is 2. The Morgan fingerprint density at radius 2 is 1.58 bits per heavy atom. The van der Waals surface area contributed by atoms with E-state index in [-0.39, 0.29) is 17.9 Å². The molecule has 26 heavy (non-hydrogen) atoms. The van der Waals surface area contributed by atoms with Crippen molar-refractivity contribution in [1.82, 2.24) is 10.6 Å². The Balaban J connectivity index is 1.75. The van der Waals surface area contributed by atoms with Crippen LogP contribution >= 0.6 is 15.9 Å². The Morgan fingerprint density at radius 1 is 0.962 bits per heavy atom. The van der Waals surface area contributed by atoms with Gasteiger partial charge in [-0.05, 0) is 56.7 Å². The van der Waals surface area contributed by atoms with Crippen molar-refractivity contribution in [2.24, 2.45) is 0 Å². The highest BCUT2D eigenvalue weighted by Crippen LogP contribution is 2.19. The molecule has 0 saturated carbocycles. The molecule has 5 nitrogen and oxygen atoms in total. The number of hydrogen-bond donors (Lipinski definition) is 2. The Kier molecular flexibility index (Phi) is 7.66. The zero-order valence-corrected chi connectivity index (χ0v) is 16.5. The molecule has 0 radical (unpaired) electrons. The molecular weight excluding hydrogens is 396 g/mol. The lowest BCUT2D eigenvalue weighted by Crippen LogP contribution is -2.30. The van der Waals surface area contributed by atoms with Crippen LogP contribution in [0, 0.1) is 0 Å². The van der Waals surface area contributed by atoms with Gasteiger partial charge in [-0.2, -0.15) is 0 Å². The fourth-order valence-electron chi connectivity index (χ4n) is 2.30. The quantitative estimate of drug-likeness (QED) is 0.640. The number of nitrogens with one attached hydrogen (secondary N) is 2. The molecule has 0 aliphatic carbocycles. The summed E-state index contributed by atoms with van der Waals surface area (Å²) in [6.45, 7) is 4.79. The van der Waals surface area contributed by atoms with Crippen LogP contribution in [0.2, 0.25) is 0 Å². The molecule has 2 aromatic rings. The van der Waals surface area contributed by atoms with Crippen LogP contribution < -0.4 is 15.4 Å². The molecule has 6 heteroatoms. The van der Waals surface area contributed by atoms with Gasteiger partial charge in [-0.15, -0.1) is 0 Å². The first kappa shape index (κ1) is 20.0. The predicted molar refractivity (Wildman–Crippen MR) is 106 cm³/mol. The van der Waals surface area contributed by atoms with Gasteiger partial charge in [-0.3, -0.25) is 9.59 Å². The number of rotatable bonds is 8. The van der Waals surface area contributed by atoms with Crippen molar-refractivity contribution in [3.05, 3.63) is 64.1 Å². The van der Waals surface area contributed by atoms with Crippen LogP contribution in [0.4, 0.5) is 0 Å². The normalized spacial score (nSPS) is 10.5. The molecule has 2 N–H and O–H groups in total. The average molecular weight is 419 g/mol. The zero-order valence-electron chi connectivity index (χ0n) is 14.9. The Bertz CT molecular complexity index is 745. The van der Waals surface area contributed by atoms with E-state index in [0.29, 0.717) is 36.4 Å². The minimum absolute atomic E-state index is 0.00206. The summed E-state index contributed by atoms with van der Waals surface area (Å²) in [5, 5.41) is 5.70. The highest BCUT2D eigenvalue weighted by Gasteiger charge is 2.12. The lowest BCUT2D eigenvalue weighted by molar-refractivity contribution is 0.0947. The Hall–Kier alpha value is -2.34. The monoisotopic (exact) mass is 418 g/mol. The summed E-state index contributed by atoms with van der Waals surface area (Å²) >= 11 is 3.34. The van der Waals surface area contributed by atoms with E-state index in [4.69, 9.17) is 4.74 Å². The van der Waals surface area contributed by atoms with E-state index in [1.165, 1.54) is 0 Å². The van der Waals surface area contributed by atoms with Crippen LogP contribution in [0.3, 0.4) is 0 Å². The van der Waals surface area contributed by atoms with Gasteiger partial charge in [0.25, 0.3) is 11.8 Å². The maximum atomic E-state index is 12.3. The minimum Gasteiger partial charge on any atom is -0.490 e. The largest absolute Gasteiger partial charge is 0.490 e. The molecule has 138 valence electrons. The summed E-state index contributed by atoms with van der Waals surface area (Å²) in [5.74, 6) is 0.267. The maximum Gasteiger partial charge on any atom is 0.255 e. The van der Waals surface area contributed by atoms with Gasteiger partial charge in [-0.25, -0.2) is 0 Å². The highest BCUT2D eigenvalue weighted by molar-refractivity contribution is 9.10. The van der Waals surface area contributed by atoms with Gasteiger partial charge >= 0.3 is 0 Å². The zero-order chi connectivity index (χ0) is 18.9. The smallest absolute Gasteiger partial charge is 0.255 e. The van der Waals surface area contributed by atoms with Crippen molar-refractivity contribution >= 4 is 27.7 Å². The fourth-order valence-corrected chi connectivity index (χ4v) is 2.57. The summed E-state index contributed by atoms with van der Waals surface area (Å²) in [4.78, 5) is 24.3. The Morgan fingerprint density at radius 3 is 2.23 bits per heavy atom. The molecule has 0 saturated heterocycles. The van der Waals surface area contributed by atoms with E-state index in [1.807, 2.05) is 32.0 Å². The molecule has 0 aliphatic rings. The molecule has 0 spiro atoms. The lowest BCUT2D eigenvalue weighted by Gasteiger charge is -2.14. The molecule has 0 aliphatic heterocycles. The van der Waals surface area contributed by atoms with E-state index < -0.39 is 0 Å². The van der Waals surface area contributed by atoms with Gasteiger partial charge in [0.15, 0.2) is 0 Å². The number of benzene rings is 2. The van der Waals surface area contributed by atoms with Crippen molar-refractivity contribution in [3.8, 4) is 5.75 Å². The second-order valence-electron chi connectivity index (χ2n) is 6.04. The van der Waals surface area contributed by atoms with Crippen molar-refractivity contribution in [1.29, 1.82) is 0 Å². The van der Waals surface area contributed by atoms with Gasteiger partial charge in [0.2, 0.25) is 0 Å². The fraction of sp³-hybridized carbons (Fsp3) is 0.300. The summed E-state index contributed by atoms with van der Waals surface area (Å²) in [5.41, 5.74) is 1.12. The number of amides is 2. The number of carbonyl (C=O) groups is 2. The van der Waals surface area contributed by atoms with Crippen LogP contribution in [0.1, 0.15) is 41.0 Å². The predicted octanol–water partition coefficient (Wildman–Crippen LogP) is 3.79.